The second-order valence-electron chi connectivity index (χ2n) is 9.42. The lowest BCUT2D eigenvalue weighted by atomic mass is 9.87. The third kappa shape index (κ3) is 6.31. The topological polar surface area (TPSA) is 115 Å². The summed E-state index contributed by atoms with van der Waals surface area (Å²) in [5.41, 5.74) is 0.811. The van der Waals surface area contributed by atoms with Gasteiger partial charge in [0, 0.05) is 18.8 Å². The Morgan fingerprint density at radius 1 is 1.27 bits per heavy atom. The number of carbonyl (C=O) groups is 3. The minimum absolute atomic E-state index is 0.119. The summed E-state index contributed by atoms with van der Waals surface area (Å²) < 4.78 is 5.41. The van der Waals surface area contributed by atoms with Gasteiger partial charge in [0.25, 0.3) is 5.91 Å². The molecule has 1 N–H and O–H groups in total. The number of ether oxygens (including phenoxy) is 1. The van der Waals surface area contributed by atoms with Crippen molar-refractivity contribution in [1.29, 1.82) is 5.26 Å². The molecule has 2 fully saturated rings. The molecule has 178 valence electrons. The molecule has 0 saturated carbocycles. The summed E-state index contributed by atoms with van der Waals surface area (Å²) in [7, 11) is 0. The number of piperidine rings is 1. The molecule has 1 spiro atoms. The van der Waals surface area contributed by atoms with Crippen molar-refractivity contribution in [2.45, 2.75) is 65.5 Å². The fraction of sp³-hybridized carbons (Fsp3) is 0.542. The van der Waals surface area contributed by atoms with Gasteiger partial charge >= 0.3 is 12.1 Å². The Bertz CT molecular complexity index is 970. The molecule has 2 aliphatic heterocycles. The maximum absolute atomic E-state index is 13.2. The summed E-state index contributed by atoms with van der Waals surface area (Å²) in [5.74, 6) is -0.289. The number of rotatable bonds is 5. The van der Waals surface area contributed by atoms with E-state index in [-0.39, 0.29) is 12.5 Å². The van der Waals surface area contributed by atoms with Crippen LogP contribution in [0, 0.1) is 11.3 Å². The molecule has 2 saturated heterocycles. The van der Waals surface area contributed by atoms with Crippen LogP contribution in [0.5, 0.6) is 0 Å². The maximum Gasteiger partial charge on any atom is 0.410 e. The van der Waals surface area contributed by atoms with Crippen LogP contribution in [0.25, 0.3) is 0 Å². The summed E-state index contributed by atoms with van der Waals surface area (Å²) in [6, 6.07) is 1.53. The summed E-state index contributed by atoms with van der Waals surface area (Å²) >= 11 is 0. The Labute approximate surface area is 195 Å². The molecule has 0 atom stereocenters. The zero-order valence-corrected chi connectivity index (χ0v) is 20.3. The molecule has 0 aromatic rings. The Morgan fingerprint density at radius 2 is 1.88 bits per heavy atom. The molecule has 2 aliphatic rings. The highest BCUT2D eigenvalue weighted by atomic mass is 16.6. The number of urea groups is 1. The fourth-order valence-corrected chi connectivity index (χ4v) is 3.77. The lowest BCUT2D eigenvalue weighted by Gasteiger charge is -2.37. The van der Waals surface area contributed by atoms with E-state index in [4.69, 9.17) is 10.00 Å². The van der Waals surface area contributed by atoms with Gasteiger partial charge in [-0.2, -0.15) is 5.26 Å². The van der Waals surface area contributed by atoms with Crippen LogP contribution in [0.15, 0.2) is 40.6 Å². The van der Waals surface area contributed by atoms with Crippen LogP contribution >= 0.6 is 0 Å². The quantitative estimate of drug-likeness (QED) is 0.386. The summed E-state index contributed by atoms with van der Waals surface area (Å²) in [6.45, 7) is 15.1. The van der Waals surface area contributed by atoms with E-state index in [1.807, 2.05) is 13.0 Å². The summed E-state index contributed by atoms with van der Waals surface area (Å²) in [4.78, 5) is 45.1. The molecule has 33 heavy (non-hydrogen) atoms. The number of hydrogen-bond acceptors (Lipinski definition) is 6. The third-order valence-electron chi connectivity index (χ3n) is 5.46. The molecule has 2 rings (SSSR count). The van der Waals surface area contributed by atoms with E-state index in [0.29, 0.717) is 42.9 Å². The van der Waals surface area contributed by atoms with Crippen LogP contribution in [0.1, 0.15) is 54.4 Å². The maximum atomic E-state index is 13.2. The SMILES string of the molecule is C=CC(/C=C(\C)CN1C(=O)NC2(CCN(C(=O)OC(C)(C)C)CC2)C1=O)=C(/C)N=C(C)C#N. The highest BCUT2D eigenvalue weighted by Gasteiger charge is 2.52. The minimum Gasteiger partial charge on any atom is -0.444 e. The first-order valence-electron chi connectivity index (χ1n) is 10.9. The van der Waals surface area contributed by atoms with Gasteiger partial charge in [0.05, 0.1) is 6.54 Å². The van der Waals surface area contributed by atoms with E-state index in [0.717, 1.165) is 5.57 Å². The highest BCUT2D eigenvalue weighted by molar-refractivity contribution is 6.07. The number of allylic oxidation sites excluding steroid dienone is 4. The first-order chi connectivity index (χ1) is 15.3. The highest BCUT2D eigenvalue weighted by Crippen LogP contribution is 2.30. The van der Waals surface area contributed by atoms with Crippen molar-refractivity contribution in [2.24, 2.45) is 4.99 Å². The molecule has 0 radical (unpaired) electrons. The number of nitrogens with one attached hydrogen (secondary N) is 1. The lowest BCUT2D eigenvalue weighted by molar-refractivity contribution is -0.132. The predicted octanol–water partition coefficient (Wildman–Crippen LogP) is 3.70. The van der Waals surface area contributed by atoms with E-state index >= 15 is 0 Å². The molecule has 0 aromatic heterocycles. The number of likely N-dealkylation sites (tertiary alicyclic amines) is 1. The second kappa shape index (κ2) is 10.0. The number of carbonyl (C=O) groups excluding carboxylic acids is 3. The van der Waals surface area contributed by atoms with Crippen LogP contribution in [0.4, 0.5) is 9.59 Å². The monoisotopic (exact) mass is 455 g/mol. The molecular formula is C24H33N5O4. The van der Waals surface area contributed by atoms with Crippen LogP contribution in [0.3, 0.4) is 0 Å². The van der Waals surface area contributed by atoms with Crippen molar-refractivity contribution in [1.82, 2.24) is 15.1 Å². The van der Waals surface area contributed by atoms with Gasteiger partial charge in [-0.3, -0.25) is 9.69 Å². The van der Waals surface area contributed by atoms with Crippen LogP contribution in [-0.4, -0.2) is 64.3 Å². The first-order valence-corrected chi connectivity index (χ1v) is 10.9. The van der Waals surface area contributed by atoms with Crippen molar-refractivity contribution in [3.8, 4) is 6.07 Å². The first kappa shape index (κ1) is 25.8. The molecule has 0 aromatic carbocycles. The van der Waals surface area contributed by atoms with Crippen LogP contribution in [-0.2, 0) is 9.53 Å². The van der Waals surface area contributed by atoms with Gasteiger partial charge in [0.2, 0.25) is 0 Å². The standard InChI is InChI=1S/C24H33N5O4/c1-8-19(18(4)26-17(3)14-25)13-16(2)15-29-20(30)24(27-21(29)31)9-11-28(12-10-24)22(32)33-23(5,6)7/h8,13H,1,9-12,15H2,2-7H3,(H,27,31)/b16-13+,19-18+,26-17?. The lowest BCUT2D eigenvalue weighted by Crippen LogP contribution is -2.56. The smallest absolute Gasteiger partial charge is 0.410 e. The van der Waals surface area contributed by atoms with E-state index < -0.39 is 23.3 Å². The number of imide groups is 1. The van der Waals surface area contributed by atoms with Gasteiger partial charge in [-0.15, -0.1) is 0 Å². The van der Waals surface area contributed by atoms with E-state index in [1.165, 1.54) is 4.90 Å². The largest absolute Gasteiger partial charge is 0.444 e. The molecule has 0 unspecified atom stereocenters. The van der Waals surface area contributed by atoms with Crippen LogP contribution in [0.2, 0.25) is 0 Å². The third-order valence-corrected chi connectivity index (χ3v) is 5.46. The molecular weight excluding hydrogens is 422 g/mol. The number of amides is 4. The molecule has 2 heterocycles. The average Bonchev–Trinajstić information content (AvgIpc) is 2.94. The summed E-state index contributed by atoms with van der Waals surface area (Å²) in [6.07, 6.45) is 3.66. The van der Waals surface area contributed by atoms with Crippen molar-refractivity contribution >= 4 is 23.7 Å². The van der Waals surface area contributed by atoms with Gasteiger partial charge in [0.1, 0.15) is 22.9 Å². The van der Waals surface area contributed by atoms with Gasteiger partial charge in [-0.05, 0) is 60.0 Å². The number of aliphatic imine (C=N–C) groups is 1. The average molecular weight is 456 g/mol. The Hall–Kier alpha value is -3.41. The predicted molar refractivity (Wildman–Crippen MR) is 125 cm³/mol. The van der Waals surface area contributed by atoms with Crippen molar-refractivity contribution < 1.29 is 19.1 Å². The molecule has 9 heteroatoms. The van der Waals surface area contributed by atoms with E-state index in [2.05, 4.69) is 16.9 Å². The van der Waals surface area contributed by atoms with Crippen molar-refractivity contribution in [2.75, 3.05) is 19.6 Å². The Balaban J connectivity index is 2.11. The number of nitriles is 1. The van der Waals surface area contributed by atoms with E-state index in [9.17, 15) is 14.4 Å². The molecule has 0 aliphatic carbocycles. The zero-order valence-electron chi connectivity index (χ0n) is 20.3. The Kier molecular flexibility index (Phi) is 7.85. The normalized spacial score (nSPS) is 19.8. The van der Waals surface area contributed by atoms with Gasteiger partial charge < -0.3 is 15.0 Å². The molecule has 0 bridgehead atoms. The van der Waals surface area contributed by atoms with Crippen molar-refractivity contribution in [3.63, 3.8) is 0 Å². The second-order valence-corrected chi connectivity index (χ2v) is 9.42. The van der Waals surface area contributed by atoms with E-state index in [1.54, 1.807) is 51.7 Å². The van der Waals surface area contributed by atoms with Crippen molar-refractivity contribution in [3.05, 3.63) is 35.6 Å². The van der Waals surface area contributed by atoms with Gasteiger partial charge in [-0.25, -0.2) is 14.6 Å². The number of nitrogens with zero attached hydrogens (tertiary/aromatic N) is 4. The summed E-state index contributed by atoms with van der Waals surface area (Å²) in [5, 5.41) is 11.8. The Morgan fingerprint density at radius 3 is 2.39 bits per heavy atom. The molecule has 9 nitrogen and oxygen atoms in total. The van der Waals surface area contributed by atoms with Crippen LogP contribution < -0.4 is 5.32 Å². The fourth-order valence-electron chi connectivity index (χ4n) is 3.77. The zero-order chi connectivity index (χ0) is 25.0. The van der Waals surface area contributed by atoms with Gasteiger partial charge in [0.15, 0.2) is 0 Å². The number of hydrogen-bond donors (Lipinski definition) is 1. The minimum atomic E-state index is -1.00. The van der Waals surface area contributed by atoms with Gasteiger partial charge in [-0.1, -0.05) is 24.3 Å². The molecule has 4 amide bonds.